The fraction of sp³-hybridized carbons (Fsp3) is 0.471. The highest BCUT2D eigenvalue weighted by atomic mass is 32.2. The number of carbonyl (C=O) groups is 1. The molecule has 2 aliphatic rings. The summed E-state index contributed by atoms with van der Waals surface area (Å²) in [5.74, 6) is -0.0143. The second-order valence-corrected chi connectivity index (χ2v) is 8.79. The first kappa shape index (κ1) is 16.4. The number of furan rings is 1. The van der Waals surface area contributed by atoms with Crippen molar-refractivity contribution in [3.8, 4) is 0 Å². The summed E-state index contributed by atoms with van der Waals surface area (Å²) in [7, 11) is -3.20. The van der Waals surface area contributed by atoms with Crippen LogP contribution in [0.15, 0.2) is 34.9 Å². The van der Waals surface area contributed by atoms with E-state index in [0.717, 1.165) is 16.5 Å². The third-order valence-corrected chi connectivity index (χ3v) is 7.12. The molecule has 1 aromatic carbocycles. The van der Waals surface area contributed by atoms with Gasteiger partial charge in [-0.25, -0.2) is 13.2 Å². The largest absolute Gasteiger partial charge is 0.464 e. The lowest BCUT2D eigenvalue weighted by Crippen LogP contribution is -2.61. The first-order chi connectivity index (χ1) is 12.1. The summed E-state index contributed by atoms with van der Waals surface area (Å²) < 4.78 is 35.2. The molecule has 0 saturated carbocycles. The molecule has 1 aromatic heterocycles. The minimum absolute atomic E-state index is 0.0143. The molecule has 4 rings (SSSR count). The summed E-state index contributed by atoms with van der Waals surface area (Å²) in [6.45, 7) is 1.21. The lowest BCUT2D eigenvalue weighted by atomic mass is 10.1. The van der Waals surface area contributed by atoms with Crippen molar-refractivity contribution in [3.63, 3.8) is 0 Å². The Labute approximate surface area is 145 Å². The number of para-hydroxylation sites is 1. The van der Waals surface area contributed by atoms with E-state index in [1.165, 1.54) is 0 Å². The lowest BCUT2D eigenvalue weighted by Gasteiger charge is -2.43. The fourth-order valence-corrected chi connectivity index (χ4v) is 5.46. The maximum Gasteiger partial charge on any atom is 0.317 e. The number of nitrogens with zero attached hydrogens (tertiary/aromatic N) is 1. The molecular formula is C17H20N2O5S. The molecule has 1 N–H and O–H groups in total. The molecule has 2 amide bonds. The standard InChI is InChI=1S/C17H20N2O5S/c20-17(18-9-12-10-24-15-4-2-1-3-13(12)15)19-6-8-25(21,22)16-11-23-7-5-14(16)19/h1-4,10,14,16H,5-9,11H2,(H,18,20). The zero-order valence-corrected chi connectivity index (χ0v) is 14.5. The van der Waals surface area contributed by atoms with Crippen LogP contribution in [0.25, 0.3) is 11.0 Å². The Morgan fingerprint density at radius 2 is 2.16 bits per heavy atom. The molecule has 7 nitrogen and oxygen atoms in total. The molecule has 0 aliphatic carbocycles. The third kappa shape index (κ3) is 3.00. The van der Waals surface area contributed by atoms with E-state index in [-0.39, 0.29) is 31.0 Å². The molecule has 2 unspecified atom stereocenters. The van der Waals surface area contributed by atoms with Crippen LogP contribution in [-0.4, -0.2) is 56.2 Å². The van der Waals surface area contributed by atoms with Gasteiger partial charge in [-0.1, -0.05) is 18.2 Å². The molecule has 2 atom stereocenters. The van der Waals surface area contributed by atoms with Gasteiger partial charge in [0.2, 0.25) is 0 Å². The highest BCUT2D eigenvalue weighted by molar-refractivity contribution is 7.92. The number of sulfone groups is 1. The molecule has 2 fully saturated rings. The number of fused-ring (bicyclic) bond motifs is 2. The van der Waals surface area contributed by atoms with Crippen molar-refractivity contribution < 1.29 is 22.4 Å². The summed E-state index contributed by atoms with van der Waals surface area (Å²) in [5, 5.41) is 3.25. The topological polar surface area (TPSA) is 88.9 Å². The van der Waals surface area contributed by atoms with Gasteiger partial charge in [-0.05, 0) is 12.5 Å². The van der Waals surface area contributed by atoms with Crippen molar-refractivity contribution in [2.24, 2.45) is 0 Å². The fourth-order valence-electron chi connectivity index (χ4n) is 3.64. The Kier molecular flexibility index (Phi) is 4.16. The number of amides is 2. The van der Waals surface area contributed by atoms with E-state index in [1.54, 1.807) is 11.2 Å². The van der Waals surface area contributed by atoms with Gasteiger partial charge in [-0.15, -0.1) is 0 Å². The molecule has 8 heteroatoms. The summed E-state index contributed by atoms with van der Waals surface area (Å²) in [6, 6.07) is 7.09. The minimum Gasteiger partial charge on any atom is -0.464 e. The number of rotatable bonds is 2. The summed E-state index contributed by atoms with van der Waals surface area (Å²) in [5.41, 5.74) is 1.68. The summed E-state index contributed by atoms with van der Waals surface area (Å²) >= 11 is 0. The Bertz CT molecular complexity index is 891. The van der Waals surface area contributed by atoms with Crippen LogP contribution in [0, 0.1) is 0 Å². The number of benzene rings is 1. The molecule has 0 radical (unpaired) electrons. The van der Waals surface area contributed by atoms with Crippen LogP contribution in [0.2, 0.25) is 0 Å². The zero-order valence-electron chi connectivity index (χ0n) is 13.7. The van der Waals surface area contributed by atoms with Crippen LogP contribution in [0.3, 0.4) is 0 Å². The molecule has 0 spiro atoms. The van der Waals surface area contributed by atoms with Gasteiger partial charge in [-0.2, -0.15) is 0 Å². The molecule has 134 valence electrons. The van der Waals surface area contributed by atoms with Crippen molar-refractivity contribution in [2.45, 2.75) is 24.3 Å². The monoisotopic (exact) mass is 364 g/mol. The van der Waals surface area contributed by atoms with E-state index < -0.39 is 15.1 Å². The predicted octanol–water partition coefficient (Wildman–Crippen LogP) is 1.53. The molecule has 2 aliphatic heterocycles. The average Bonchev–Trinajstić information content (AvgIpc) is 3.03. The van der Waals surface area contributed by atoms with Crippen LogP contribution in [-0.2, 0) is 21.1 Å². The number of hydrogen-bond acceptors (Lipinski definition) is 5. The smallest absolute Gasteiger partial charge is 0.317 e. The first-order valence-electron chi connectivity index (χ1n) is 8.35. The van der Waals surface area contributed by atoms with Crippen molar-refractivity contribution in [1.29, 1.82) is 0 Å². The Morgan fingerprint density at radius 3 is 3.04 bits per heavy atom. The highest BCUT2D eigenvalue weighted by Crippen LogP contribution is 2.26. The maximum absolute atomic E-state index is 12.6. The van der Waals surface area contributed by atoms with Crippen LogP contribution in [0.4, 0.5) is 4.79 Å². The molecule has 0 bridgehead atoms. The normalized spacial score (nSPS) is 25.5. The Hall–Kier alpha value is -2.06. The van der Waals surface area contributed by atoms with Gasteiger partial charge in [0.05, 0.1) is 24.7 Å². The molecular weight excluding hydrogens is 344 g/mol. The van der Waals surface area contributed by atoms with Gasteiger partial charge in [0.1, 0.15) is 10.8 Å². The van der Waals surface area contributed by atoms with E-state index in [2.05, 4.69) is 5.32 Å². The second-order valence-electron chi connectivity index (χ2n) is 6.45. The third-order valence-electron chi connectivity index (χ3n) is 5.00. The van der Waals surface area contributed by atoms with Crippen LogP contribution < -0.4 is 5.32 Å². The highest BCUT2D eigenvalue weighted by Gasteiger charge is 2.45. The molecule has 3 heterocycles. The van der Waals surface area contributed by atoms with E-state index in [9.17, 15) is 13.2 Å². The SMILES string of the molecule is O=C(NCc1coc2ccccc12)N1CCS(=O)(=O)C2COCCC21. The number of ether oxygens (including phenoxy) is 1. The second kappa shape index (κ2) is 6.34. The van der Waals surface area contributed by atoms with E-state index in [4.69, 9.17) is 9.15 Å². The zero-order chi connectivity index (χ0) is 17.4. The van der Waals surface area contributed by atoms with Gasteiger partial charge in [0.15, 0.2) is 9.84 Å². The van der Waals surface area contributed by atoms with Gasteiger partial charge in [0, 0.05) is 30.6 Å². The Morgan fingerprint density at radius 1 is 1.32 bits per heavy atom. The predicted molar refractivity (Wildman–Crippen MR) is 92.0 cm³/mol. The first-order valence-corrected chi connectivity index (χ1v) is 10.1. The number of carbonyl (C=O) groups excluding carboxylic acids is 1. The number of hydrogen-bond donors (Lipinski definition) is 1. The Balaban J connectivity index is 1.47. The average molecular weight is 364 g/mol. The molecule has 2 aromatic rings. The van der Waals surface area contributed by atoms with Crippen molar-refractivity contribution in [3.05, 3.63) is 36.1 Å². The van der Waals surface area contributed by atoms with Crippen molar-refractivity contribution >= 4 is 26.8 Å². The van der Waals surface area contributed by atoms with Gasteiger partial charge in [-0.3, -0.25) is 0 Å². The number of urea groups is 1. The van der Waals surface area contributed by atoms with Gasteiger partial charge in [0.25, 0.3) is 0 Å². The van der Waals surface area contributed by atoms with Crippen LogP contribution in [0.1, 0.15) is 12.0 Å². The van der Waals surface area contributed by atoms with E-state index >= 15 is 0 Å². The van der Waals surface area contributed by atoms with E-state index in [0.29, 0.717) is 19.6 Å². The van der Waals surface area contributed by atoms with Crippen LogP contribution in [0.5, 0.6) is 0 Å². The van der Waals surface area contributed by atoms with Crippen molar-refractivity contribution in [1.82, 2.24) is 10.2 Å². The lowest BCUT2D eigenvalue weighted by molar-refractivity contribution is 0.0462. The van der Waals surface area contributed by atoms with Gasteiger partial charge >= 0.3 is 6.03 Å². The minimum atomic E-state index is -3.20. The maximum atomic E-state index is 12.6. The van der Waals surface area contributed by atoms with Crippen LogP contribution >= 0.6 is 0 Å². The molecule has 2 saturated heterocycles. The quantitative estimate of drug-likeness (QED) is 0.873. The molecule has 25 heavy (non-hydrogen) atoms. The van der Waals surface area contributed by atoms with Gasteiger partial charge < -0.3 is 19.4 Å². The number of nitrogens with one attached hydrogen (secondary N) is 1. The summed E-state index contributed by atoms with van der Waals surface area (Å²) in [6.07, 6.45) is 2.19. The van der Waals surface area contributed by atoms with E-state index in [1.807, 2.05) is 24.3 Å². The van der Waals surface area contributed by atoms with Crippen molar-refractivity contribution in [2.75, 3.05) is 25.5 Å². The summed E-state index contributed by atoms with van der Waals surface area (Å²) in [4.78, 5) is 14.3.